The van der Waals surface area contributed by atoms with Crippen LogP contribution in [0.1, 0.15) is 24.2 Å². The molecule has 0 aliphatic heterocycles. The van der Waals surface area contributed by atoms with Crippen LogP contribution < -0.4 is 0 Å². The summed E-state index contributed by atoms with van der Waals surface area (Å²) >= 11 is 0. The van der Waals surface area contributed by atoms with Crippen molar-refractivity contribution in [2.75, 3.05) is 27.2 Å². The van der Waals surface area contributed by atoms with Crippen LogP contribution in [0.25, 0.3) is 0 Å². The van der Waals surface area contributed by atoms with Crippen LogP contribution in [0.5, 0.6) is 0 Å². The lowest BCUT2D eigenvalue weighted by molar-refractivity contribution is -0.145. The van der Waals surface area contributed by atoms with Crippen LogP contribution >= 0.6 is 0 Å². The van der Waals surface area contributed by atoms with Crippen molar-refractivity contribution in [2.45, 2.75) is 19.2 Å². The maximum absolute atomic E-state index is 12.5. The molecule has 0 fully saturated rings. The van der Waals surface area contributed by atoms with Crippen LogP contribution in [0.2, 0.25) is 0 Å². The predicted octanol–water partition coefficient (Wildman–Crippen LogP) is 2.48. The minimum absolute atomic E-state index is 0.201. The van der Waals surface area contributed by atoms with Crippen molar-refractivity contribution in [1.29, 1.82) is 0 Å². The van der Waals surface area contributed by atoms with E-state index in [9.17, 15) is 23.1 Å². The molecule has 1 rings (SSSR count). The van der Waals surface area contributed by atoms with Crippen molar-refractivity contribution < 1.29 is 27.8 Å². The highest BCUT2D eigenvalue weighted by Crippen LogP contribution is 2.30. The number of aliphatic hydroxyl groups excluding tert-OH is 1. The van der Waals surface area contributed by atoms with E-state index < -0.39 is 17.8 Å². The lowest BCUT2D eigenvalue weighted by atomic mass is 10.1. The third kappa shape index (κ3) is 5.31. The lowest BCUT2D eigenvalue weighted by Crippen LogP contribution is -2.32. The summed E-state index contributed by atoms with van der Waals surface area (Å²) in [5, 5.41) is 10.1. The SMILES string of the molecule is COC(=O)C(C)CN(C)CC(O)c1ccc(C(F)(F)F)cc1. The Kier molecular flexibility index (Phi) is 6.37. The third-order valence-electron chi connectivity index (χ3n) is 3.30. The van der Waals surface area contributed by atoms with E-state index >= 15 is 0 Å². The topological polar surface area (TPSA) is 49.8 Å². The molecular weight excluding hydrogens is 299 g/mol. The Morgan fingerprint density at radius 1 is 1.27 bits per heavy atom. The van der Waals surface area contributed by atoms with Crippen molar-refractivity contribution in [3.63, 3.8) is 0 Å². The Morgan fingerprint density at radius 2 is 1.82 bits per heavy atom. The first-order chi connectivity index (χ1) is 10.1. The second-order valence-electron chi connectivity index (χ2n) is 5.28. The molecule has 0 saturated heterocycles. The molecule has 124 valence electrons. The molecule has 1 aromatic carbocycles. The largest absolute Gasteiger partial charge is 0.469 e. The molecule has 0 heterocycles. The Hall–Kier alpha value is -1.60. The highest BCUT2D eigenvalue weighted by molar-refractivity contribution is 5.72. The molecule has 2 atom stereocenters. The average Bonchev–Trinajstić information content (AvgIpc) is 2.45. The summed E-state index contributed by atoms with van der Waals surface area (Å²) in [4.78, 5) is 13.0. The molecular formula is C15H20F3NO3. The van der Waals surface area contributed by atoms with Gasteiger partial charge in [-0.1, -0.05) is 19.1 Å². The molecule has 2 unspecified atom stereocenters. The number of hydrogen-bond acceptors (Lipinski definition) is 4. The number of benzene rings is 1. The molecule has 0 bridgehead atoms. The zero-order valence-electron chi connectivity index (χ0n) is 12.7. The van der Waals surface area contributed by atoms with E-state index in [2.05, 4.69) is 4.74 Å². The number of carbonyl (C=O) groups is 1. The van der Waals surface area contributed by atoms with Crippen LogP contribution in [0.4, 0.5) is 13.2 Å². The Bertz CT molecular complexity index is 488. The summed E-state index contributed by atoms with van der Waals surface area (Å²) in [6.07, 6.45) is -5.33. The second kappa shape index (κ2) is 7.60. The fourth-order valence-electron chi connectivity index (χ4n) is 2.11. The van der Waals surface area contributed by atoms with Crippen molar-refractivity contribution in [3.8, 4) is 0 Å². The van der Waals surface area contributed by atoms with Gasteiger partial charge in [0.1, 0.15) is 0 Å². The highest BCUT2D eigenvalue weighted by atomic mass is 19.4. The maximum Gasteiger partial charge on any atom is 0.416 e. The van der Waals surface area contributed by atoms with Crippen molar-refractivity contribution in [2.24, 2.45) is 5.92 Å². The Morgan fingerprint density at radius 3 is 2.27 bits per heavy atom. The third-order valence-corrected chi connectivity index (χ3v) is 3.30. The molecule has 0 spiro atoms. The molecule has 0 aromatic heterocycles. The van der Waals surface area contributed by atoms with Crippen LogP contribution in [0, 0.1) is 5.92 Å². The highest BCUT2D eigenvalue weighted by Gasteiger charge is 2.30. The Labute approximate surface area is 127 Å². The number of nitrogens with zero attached hydrogens (tertiary/aromatic N) is 1. The fraction of sp³-hybridized carbons (Fsp3) is 0.533. The smallest absolute Gasteiger partial charge is 0.416 e. The van der Waals surface area contributed by atoms with E-state index in [1.807, 2.05) is 0 Å². The number of halogens is 3. The minimum Gasteiger partial charge on any atom is -0.469 e. The number of carbonyl (C=O) groups excluding carboxylic acids is 1. The zero-order chi connectivity index (χ0) is 16.9. The van der Waals surface area contributed by atoms with Gasteiger partial charge in [0.25, 0.3) is 0 Å². The molecule has 22 heavy (non-hydrogen) atoms. The summed E-state index contributed by atoms with van der Waals surface area (Å²) in [6, 6.07) is 4.39. The summed E-state index contributed by atoms with van der Waals surface area (Å²) in [5.74, 6) is -0.703. The van der Waals surface area contributed by atoms with Gasteiger partial charge in [0.2, 0.25) is 0 Å². The van der Waals surface area contributed by atoms with E-state index in [0.717, 1.165) is 12.1 Å². The van der Waals surface area contributed by atoms with Crippen molar-refractivity contribution in [3.05, 3.63) is 35.4 Å². The van der Waals surface area contributed by atoms with Gasteiger partial charge in [-0.05, 0) is 24.7 Å². The van der Waals surface area contributed by atoms with Gasteiger partial charge in [0.05, 0.1) is 24.7 Å². The van der Waals surface area contributed by atoms with E-state index in [4.69, 9.17) is 0 Å². The van der Waals surface area contributed by atoms with Gasteiger partial charge in [0, 0.05) is 13.1 Å². The summed E-state index contributed by atoms with van der Waals surface area (Å²) in [5.41, 5.74) is -0.360. The van der Waals surface area contributed by atoms with Crippen LogP contribution in [0.15, 0.2) is 24.3 Å². The molecule has 0 radical (unpaired) electrons. The first-order valence-corrected chi connectivity index (χ1v) is 6.76. The minimum atomic E-state index is -4.39. The summed E-state index contributed by atoms with van der Waals surface area (Å²) in [7, 11) is 3.02. The first-order valence-electron chi connectivity index (χ1n) is 6.76. The predicted molar refractivity (Wildman–Crippen MR) is 75.1 cm³/mol. The van der Waals surface area contributed by atoms with E-state index in [1.165, 1.54) is 19.2 Å². The molecule has 7 heteroatoms. The number of esters is 1. The van der Waals surface area contributed by atoms with Crippen molar-refractivity contribution in [1.82, 2.24) is 4.90 Å². The van der Waals surface area contributed by atoms with Gasteiger partial charge in [0.15, 0.2) is 0 Å². The van der Waals surface area contributed by atoms with E-state index in [-0.39, 0.29) is 18.4 Å². The molecule has 4 nitrogen and oxygen atoms in total. The zero-order valence-corrected chi connectivity index (χ0v) is 12.7. The van der Waals surface area contributed by atoms with E-state index in [0.29, 0.717) is 12.1 Å². The monoisotopic (exact) mass is 319 g/mol. The lowest BCUT2D eigenvalue weighted by Gasteiger charge is -2.23. The second-order valence-corrected chi connectivity index (χ2v) is 5.28. The van der Waals surface area contributed by atoms with Crippen LogP contribution in [-0.2, 0) is 15.7 Å². The number of ether oxygens (including phenoxy) is 1. The normalized spacial score (nSPS) is 14.7. The van der Waals surface area contributed by atoms with Crippen LogP contribution in [0.3, 0.4) is 0 Å². The maximum atomic E-state index is 12.5. The van der Waals surface area contributed by atoms with Gasteiger partial charge in [-0.25, -0.2) is 0 Å². The Balaban J connectivity index is 2.61. The number of aliphatic hydroxyl groups is 1. The number of hydrogen-bond donors (Lipinski definition) is 1. The van der Waals surface area contributed by atoms with Gasteiger partial charge < -0.3 is 14.7 Å². The molecule has 0 aliphatic carbocycles. The fourth-order valence-corrected chi connectivity index (χ4v) is 2.11. The number of likely N-dealkylation sites (N-methyl/N-ethyl adjacent to an activating group) is 1. The van der Waals surface area contributed by atoms with Gasteiger partial charge in [-0.3, -0.25) is 4.79 Å². The van der Waals surface area contributed by atoms with Gasteiger partial charge in [-0.2, -0.15) is 13.2 Å². The summed E-state index contributed by atoms with van der Waals surface area (Å²) < 4.78 is 42.0. The molecule has 0 aliphatic rings. The van der Waals surface area contributed by atoms with E-state index in [1.54, 1.807) is 18.9 Å². The number of alkyl halides is 3. The molecule has 0 saturated carbocycles. The molecule has 0 amide bonds. The first kappa shape index (κ1) is 18.4. The van der Waals surface area contributed by atoms with Gasteiger partial charge in [-0.15, -0.1) is 0 Å². The summed E-state index contributed by atoms with van der Waals surface area (Å²) in [6.45, 7) is 2.28. The number of methoxy groups -OCH3 is 1. The van der Waals surface area contributed by atoms with Crippen LogP contribution in [-0.4, -0.2) is 43.2 Å². The standard InChI is InChI=1S/C15H20F3NO3/c1-10(14(21)22-3)8-19(2)9-13(20)11-4-6-12(7-5-11)15(16,17)18/h4-7,10,13,20H,8-9H2,1-3H3. The average molecular weight is 319 g/mol. The quantitative estimate of drug-likeness (QED) is 0.819. The van der Waals surface area contributed by atoms with Gasteiger partial charge >= 0.3 is 12.1 Å². The number of rotatable bonds is 6. The molecule has 1 aromatic rings. The van der Waals surface area contributed by atoms with Crippen molar-refractivity contribution >= 4 is 5.97 Å². The molecule has 1 N–H and O–H groups in total.